The van der Waals surface area contributed by atoms with Gasteiger partial charge in [-0.3, -0.25) is 4.68 Å². The molecule has 0 atom stereocenters. The van der Waals surface area contributed by atoms with Gasteiger partial charge >= 0.3 is 5.97 Å². The number of nitrogens with zero attached hydrogens (tertiary/aromatic N) is 2. The van der Waals surface area contributed by atoms with Crippen LogP contribution in [0.2, 0.25) is 0 Å². The summed E-state index contributed by atoms with van der Waals surface area (Å²) in [5.41, 5.74) is 1.79. The number of carboxylic acids is 1. The SMILES string of the molecule is CCCn1nccc1-c1c[nH]cc1C(=O)O. The molecule has 2 aromatic heterocycles. The van der Waals surface area contributed by atoms with Crippen LogP contribution in [0.3, 0.4) is 0 Å². The molecular weight excluding hydrogens is 206 g/mol. The zero-order chi connectivity index (χ0) is 11.5. The fourth-order valence-corrected chi connectivity index (χ4v) is 1.70. The highest BCUT2D eigenvalue weighted by Gasteiger charge is 2.15. The summed E-state index contributed by atoms with van der Waals surface area (Å²) in [6.07, 6.45) is 5.82. The molecule has 0 aromatic carbocycles. The molecule has 0 aliphatic rings. The van der Waals surface area contributed by atoms with E-state index in [-0.39, 0.29) is 5.56 Å². The van der Waals surface area contributed by atoms with Gasteiger partial charge in [0.25, 0.3) is 0 Å². The summed E-state index contributed by atoms with van der Waals surface area (Å²) in [5.74, 6) is -0.930. The second-order valence-electron chi connectivity index (χ2n) is 3.53. The number of aryl methyl sites for hydroxylation is 1. The Morgan fingerprint density at radius 1 is 1.56 bits per heavy atom. The highest BCUT2D eigenvalue weighted by atomic mass is 16.4. The molecule has 0 bridgehead atoms. The molecule has 0 aliphatic heterocycles. The molecule has 0 aliphatic carbocycles. The Kier molecular flexibility index (Phi) is 2.76. The van der Waals surface area contributed by atoms with E-state index >= 15 is 0 Å². The van der Waals surface area contributed by atoms with Crippen LogP contribution in [0.15, 0.2) is 24.7 Å². The highest BCUT2D eigenvalue weighted by Crippen LogP contribution is 2.23. The lowest BCUT2D eigenvalue weighted by molar-refractivity contribution is 0.0698. The van der Waals surface area contributed by atoms with Crippen molar-refractivity contribution >= 4 is 5.97 Å². The molecule has 0 spiro atoms. The Morgan fingerprint density at radius 3 is 3.06 bits per heavy atom. The number of carbonyl (C=O) groups is 1. The van der Waals surface area contributed by atoms with E-state index in [1.54, 1.807) is 12.4 Å². The number of hydrogen-bond donors (Lipinski definition) is 2. The standard InChI is InChI=1S/C11H13N3O2/c1-2-5-14-10(3-4-13-14)8-6-12-7-9(8)11(15)16/h3-4,6-7,12H,2,5H2,1H3,(H,15,16). The van der Waals surface area contributed by atoms with Gasteiger partial charge in [-0.1, -0.05) is 6.92 Å². The maximum absolute atomic E-state index is 11.0. The number of aromatic nitrogens is 3. The van der Waals surface area contributed by atoms with Crippen LogP contribution in [0.5, 0.6) is 0 Å². The normalized spacial score (nSPS) is 10.6. The Balaban J connectivity index is 2.46. The fourth-order valence-electron chi connectivity index (χ4n) is 1.70. The van der Waals surface area contributed by atoms with Gasteiger partial charge < -0.3 is 10.1 Å². The van der Waals surface area contributed by atoms with Gasteiger partial charge in [0.1, 0.15) is 0 Å². The minimum atomic E-state index is -0.930. The van der Waals surface area contributed by atoms with Crippen LogP contribution in [0.25, 0.3) is 11.3 Å². The maximum atomic E-state index is 11.0. The molecule has 0 radical (unpaired) electrons. The second kappa shape index (κ2) is 4.22. The summed E-state index contributed by atoms with van der Waals surface area (Å²) in [6, 6.07) is 1.82. The first-order valence-electron chi connectivity index (χ1n) is 5.16. The third-order valence-electron chi connectivity index (χ3n) is 2.40. The Labute approximate surface area is 92.7 Å². The van der Waals surface area contributed by atoms with Gasteiger partial charge in [-0.15, -0.1) is 0 Å². The number of H-pyrrole nitrogens is 1. The summed E-state index contributed by atoms with van der Waals surface area (Å²) < 4.78 is 1.82. The molecule has 2 aromatic rings. The first-order valence-corrected chi connectivity index (χ1v) is 5.16. The molecule has 84 valence electrons. The zero-order valence-electron chi connectivity index (χ0n) is 8.97. The minimum Gasteiger partial charge on any atom is -0.478 e. The number of carboxylic acid groups (broad SMARTS) is 1. The van der Waals surface area contributed by atoms with E-state index in [9.17, 15) is 4.79 Å². The van der Waals surface area contributed by atoms with E-state index in [0.29, 0.717) is 5.56 Å². The van der Waals surface area contributed by atoms with Crippen molar-refractivity contribution in [3.63, 3.8) is 0 Å². The van der Waals surface area contributed by atoms with Crippen molar-refractivity contribution in [1.29, 1.82) is 0 Å². The lowest BCUT2D eigenvalue weighted by Gasteiger charge is -2.05. The van der Waals surface area contributed by atoms with Gasteiger partial charge in [0, 0.05) is 30.7 Å². The van der Waals surface area contributed by atoms with Crippen LogP contribution in [0, 0.1) is 0 Å². The van der Waals surface area contributed by atoms with Crippen LogP contribution in [0.4, 0.5) is 0 Å². The van der Waals surface area contributed by atoms with Gasteiger partial charge in [0.15, 0.2) is 0 Å². The fraction of sp³-hybridized carbons (Fsp3) is 0.273. The largest absolute Gasteiger partial charge is 0.478 e. The molecule has 2 rings (SSSR count). The van der Waals surface area contributed by atoms with Crippen LogP contribution >= 0.6 is 0 Å². The molecule has 16 heavy (non-hydrogen) atoms. The zero-order valence-corrected chi connectivity index (χ0v) is 8.97. The van der Waals surface area contributed by atoms with Gasteiger partial charge in [-0.05, 0) is 12.5 Å². The summed E-state index contributed by atoms with van der Waals surface area (Å²) in [6.45, 7) is 2.84. The molecule has 0 fully saturated rings. The predicted octanol–water partition coefficient (Wildman–Crippen LogP) is 1.99. The lowest BCUT2D eigenvalue weighted by Crippen LogP contribution is -2.03. The van der Waals surface area contributed by atoms with E-state index in [1.165, 1.54) is 6.20 Å². The molecule has 0 saturated heterocycles. The molecule has 2 heterocycles. The molecule has 0 saturated carbocycles. The third-order valence-corrected chi connectivity index (χ3v) is 2.40. The maximum Gasteiger partial charge on any atom is 0.337 e. The van der Waals surface area contributed by atoms with E-state index in [0.717, 1.165) is 18.7 Å². The molecule has 2 N–H and O–H groups in total. The lowest BCUT2D eigenvalue weighted by atomic mass is 10.1. The summed E-state index contributed by atoms with van der Waals surface area (Å²) in [5, 5.41) is 13.2. The van der Waals surface area contributed by atoms with Crippen molar-refractivity contribution in [2.24, 2.45) is 0 Å². The van der Waals surface area contributed by atoms with Gasteiger partial charge in [-0.2, -0.15) is 5.10 Å². The monoisotopic (exact) mass is 219 g/mol. The van der Waals surface area contributed by atoms with Crippen molar-refractivity contribution in [1.82, 2.24) is 14.8 Å². The van der Waals surface area contributed by atoms with E-state index < -0.39 is 5.97 Å². The van der Waals surface area contributed by atoms with Crippen LogP contribution in [-0.2, 0) is 6.54 Å². The first kappa shape index (κ1) is 10.5. The van der Waals surface area contributed by atoms with Crippen molar-refractivity contribution in [2.45, 2.75) is 19.9 Å². The average Bonchev–Trinajstić information content (AvgIpc) is 2.83. The first-order chi connectivity index (χ1) is 7.74. The molecular formula is C11H13N3O2. The second-order valence-corrected chi connectivity index (χ2v) is 3.53. The summed E-state index contributed by atoms with van der Waals surface area (Å²) in [4.78, 5) is 13.8. The van der Waals surface area contributed by atoms with E-state index in [2.05, 4.69) is 17.0 Å². The predicted molar refractivity (Wildman–Crippen MR) is 59.3 cm³/mol. The minimum absolute atomic E-state index is 0.276. The van der Waals surface area contributed by atoms with Crippen LogP contribution < -0.4 is 0 Å². The average molecular weight is 219 g/mol. The molecule has 0 unspecified atom stereocenters. The Morgan fingerprint density at radius 2 is 2.38 bits per heavy atom. The third kappa shape index (κ3) is 1.71. The van der Waals surface area contributed by atoms with E-state index in [1.807, 2.05) is 10.7 Å². The van der Waals surface area contributed by atoms with Crippen molar-refractivity contribution < 1.29 is 9.90 Å². The van der Waals surface area contributed by atoms with Crippen molar-refractivity contribution in [3.05, 3.63) is 30.2 Å². The van der Waals surface area contributed by atoms with Gasteiger partial charge in [-0.25, -0.2) is 4.79 Å². The number of nitrogens with one attached hydrogen (secondary N) is 1. The number of hydrogen-bond acceptors (Lipinski definition) is 2. The highest BCUT2D eigenvalue weighted by molar-refractivity contribution is 5.95. The quantitative estimate of drug-likeness (QED) is 0.826. The van der Waals surface area contributed by atoms with Crippen LogP contribution in [-0.4, -0.2) is 25.8 Å². The van der Waals surface area contributed by atoms with Crippen molar-refractivity contribution in [3.8, 4) is 11.3 Å². The molecule has 5 heteroatoms. The molecule has 5 nitrogen and oxygen atoms in total. The smallest absolute Gasteiger partial charge is 0.337 e. The van der Waals surface area contributed by atoms with E-state index in [4.69, 9.17) is 5.11 Å². The summed E-state index contributed by atoms with van der Waals surface area (Å²) >= 11 is 0. The number of aromatic amines is 1. The Bertz CT molecular complexity index is 499. The number of aromatic carboxylic acids is 1. The summed E-state index contributed by atoms with van der Waals surface area (Å²) in [7, 11) is 0. The van der Waals surface area contributed by atoms with Crippen molar-refractivity contribution in [2.75, 3.05) is 0 Å². The van der Waals surface area contributed by atoms with Gasteiger partial charge in [0.05, 0.1) is 11.3 Å². The number of rotatable bonds is 4. The van der Waals surface area contributed by atoms with Gasteiger partial charge in [0.2, 0.25) is 0 Å². The van der Waals surface area contributed by atoms with Crippen LogP contribution in [0.1, 0.15) is 23.7 Å². The topological polar surface area (TPSA) is 70.9 Å². The molecule has 0 amide bonds. The Hall–Kier alpha value is -2.04.